The van der Waals surface area contributed by atoms with Gasteiger partial charge in [-0.05, 0) is 24.3 Å². The van der Waals surface area contributed by atoms with Crippen LogP contribution in [-0.2, 0) is 19.1 Å². The molecular weight excluding hydrogens is 450 g/mol. The average molecular weight is 474 g/mol. The van der Waals surface area contributed by atoms with Crippen molar-refractivity contribution in [3.8, 4) is 11.5 Å². The molecule has 0 unspecified atom stereocenters. The summed E-state index contributed by atoms with van der Waals surface area (Å²) in [4.78, 5) is 40.0. The topological polar surface area (TPSA) is 97.7 Å². The lowest BCUT2D eigenvalue weighted by Gasteiger charge is -2.27. The van der Waals surface area contributed by atoms with Gasteiger partial charge in [0.05, 0.1) is 38.4 Å². The third-order valence-electron chi connectivity index (χ3n) is 6.73. The van der Waals surface area contributed by atoms with Gasteiger partial charge >= 0.3 is 0 Å². The van der Waals surface area contributed by atoms with Crippen molar-refractivity contribution in [1.29, 1.82) is 0 Å². The minimum Gasteiger partial charge on any atom is -0.493 e. The average Bonchev–Trinajstić information content (AvgIpc) is 3.51. The number of imide groups is 1. The number of ether oxygens (including phenoxy) is 3. The molecular formula is C23H24ClN3O6. The Morgan fingerprint density at radius 2 is 1.85 bits per heavy atom. The summed E-state index contributed by atoms with van der Waals surface area (Å²) in [7, 11) is 1.46. The van der Waals surface area contributed by atoms with Crippen LogP contribution in [0.3, 0.4) is 0 Å². The van der Waals surface area contributed by atoms with E-state index in [0.29, 0.717) is 42.6 Å². The van der Waals surface area contributed by atoms with E-state index in [1.807, 2.05) is 12.2 Å². The van der Waals surface area contributed by atoms with E-state index < -0.39 is 0 Å². The summed E-state index contributed by atoms with van der Waals surface area (Å²) < 4.78 is 16.5. The molecule has 10 heteroatoms. The molecule has 0 spiro atoms. The van der Waals surface area contributed by atoms with Crippen LogP contribution in [0.5, 0.6) is 11.5 Å². The molecule has 9 nitrogen and oxygen atoms in total. The molecule has 2 aliphatic heterocycles. The summed E-state index contributed by atoms with van der Waals surface area (Å²) in [5, 5.41) is 5.52. The molecule has 2 heterocycles. The summed E-state index contributed by atoms with van der Waals surface area (Å²) in [6.07, 6.45) is 6.27. The SMILES string of the molecule is COc1cc(Cl)cc(C=NN2C(=O)[C@@H]3[C@H](C2=O)[C@H]2C=C[C@H]3C2)c1OCC(=O)N1CCOCC1. The Labute approximate surface area is 195 Å². The third kappa shape index (κ3) is 3.89. The smallest absolute Gasteiger partial charge is 0.260 e. The standard InChI is InChI=1S/C23H24ClN3O6/c1-31-17-10-16(24)9-15(21(17)33-12-18(28)26-4-6-32-7-5-26)11-25-27-22(29)19-13-2-3-14(8-13)20(19)23(27)30/h2-3,9-11,13-14,19-20H,4-8,12H2,1H3/t13-,14-,19-,20+/m0/s1. The van der Waals surface area contributed by atoms with Gasteiger partial charge in [-0.1, -0.05) is 23.8 Å². The van der Waals surface area contributed by atoms with Crippen molar-refractivity contribution < 1.29 is 28.6 Å². The van der Waals surface area contributed by atoms with Crippen LogP contribution in [0.2, 0.25) is 5.02 Å². The maximum atomic E-state index is 12.9. The molecule has 174 valence electrons. The number of amides is 3. The van der Waals surface area contributed by atoms with Crippen LogP contribution in [0.15, 0.2) is 29.4 Å². The second kappa shape index (κ2) is 8.79. The van der Waals surface area contributed by atoms with Gasteiger partial charge in [0.15, 0.2) is 18.1 Å². The molecule has 4 atom stereocenters. The second-order valence-electron chi connectivity index (χ2n) is 8.54. The summed E-state index contributed by atoms with van der Waals surface area (Å²) in [5.74, 6) is -0.625. The Kier molecular flexibility index (Phi) is 5.84. The van der Waals surface area contributed by atoms with E-state index >= 15 is 0 Å². The first-order valence-electron chi connectivity index (χ1n) is 10.9. The van der Waals surface area contributed by atoms with Crippen LogP contribution < -0.4 is 9.47 Å². The maximum absolute atomic E-state index is 12.9. The minimum atomic E-state index is -0.333. The molecule has 1 aromatic carbocycles. The molecule has 4 aliphatic rings. The lowest BCUT2D eigenvalue weighted by atomic mass is 9.85. The van der Waals surface area contributed by atoms with Crippen molar-refractivity contribution in [1.82, 2.24) is 9.91 Å². The molecule has 0 N–H and O–H groups in total. The molecule has 3 fully saturated rings. The zero-order chi connectivity index (χ0) is 23.1. The van der Waals surface area contributed by atoms with Crippen LogP contribution in [0.1, 0.15) is 12.0 Å². The van der Waals surface area contributed by atoms with E-state index in [4.69, 9.17) is 25.8 Å². The zero-order valence-corrected chi connectivity index (χ0v) is 18.9. The largest absolute Gasteiger partial charge is 0.493 e. The number of halogens is 1. The van der Waals surface area contributed by atoms with E-state index in [0.717, 1.165) is 11.4 Å². The van der Waals surface area contributed by atoms with E-state index in [9.17, 15) is 14.4 Å². The number of allylic oxidation sites excluding steroid dienone is 2. The predicted octanol–water partition coefficient (Wildman–Crippen LogP) is 1.73. The Balaban J connectivity index is 1.36. The number of morpholine rings is 1. The van der Waals surface area contributed by atoms with Gasteiger partial charge < -0.3 is 19.1 Å². The van der Waals surface area contributed by atoms with Crippen LogP contribution >= 0.6 is 11.6 Å². The summed E-state index contributed by atoms with van der Waals surface area (Å²) in [6, 6.07) is 3.15. The third-order valence-corrected chi connectivity index (χ3v) is 6.95. The zero-order valence-electron chi connectivity index (χ0n) is 18.1. The Morgan fingerprint density at radius 3 is 2.48 bits per heavy atom. The van der Waals surface area contributed by atoms with Gasteiger partial charge in [0.2, 0.25) is 0 Å². The molecule has 5 rings (SSSR count). The number of carbonyl (C=O) groups is 3. The molecule has 1 aromatic rings. The van der Waals surface area contributed by atoms with Gasteiger partial charge in [-0.25, -0.2) is 0 Å². The number of hydrogen-bond acceptors (Lipinski definition) is 7. The van der Waals surface area contributed by atoms with E-state index in [1.165, 1.54) is 13.3 Å². The first-order chi connectivity index (χ1) is 16.0. The Hall–Kier alpha value is -2.91. The number of nitrogens with zero attached hydrogens (tertiary/aromatic N) is 3. The normalized spacial score (nSPS) is 28.2. The first kappa shape index (κ1) is 21.9. The van der Waals surface area contributed by atoms with Crippen LogP contribution in [-0.4, -0.2) is 73.9 Å². The molecule has 33 heavy (non-hydrogen) atoms. The quantitative estimate of drug-likeness (QED) is 0.354. The van der Waals surface area contributed by atoms with E-state index in [1.54, 1.807) is 17.0 Å². The lowest BCUT2D eigenvalue weighted by Crippen LogP contribution is -2.43. The fourth-order valence-electron chi connectivity index (χ4n) is 5.15. The van der Waals surface area contributed by atoms with Gasteiger partial charge in [0.1, 0.15) is 0 Å². The van der Waals surface area contributed by atoms with Gasteiger partial charge in [-0.3, -0.25) is 14.4 Å². The van der Waals surface area contributed by atoms with Gasteiger partial charge in [-0.15, -0.1) is 0 Å². The number of carbonyl (C=O) groups excluding carboxylic acids is 3. The van der Waals surface area contributed by atoms with E-state index in [2.05, 4.69) is 5.10 Å². The van der Waals surface area contributed by atoms with Crippen LogP contribution in [0.4, 0.5) is 0 Å². The molecule has 3 amide bonds. The predicted molar refractivity (Wildman–Crippen MR) is 118 cm³/mol. The highest BCUT2D eigenvalue weighted by Crippen LogP contribution is 2.52. The van der Waals surface area contributed by atoms with Crippen molar-refractivity contribution in [3.63, 3.8) is 0 Å². The number of methoxy groups -OCH3 is 1. The van der Waals surface area contributed by atoms with Crippen LogP contribution in [0.25, 0.3) is 0 Å². The first-order valence-corrected chi connectivity index (χ1v) is 11.3. The monoisotopic (exact) mass is 473 g/mol. The number of hydrazone groups is 1. The molecule has 0 radical (unpaired) electrons. The molecule has 2 bridgehead atoms. The lowest BCUT2D eigenvalue weighted by molar-refractivity contribution is -0.140. The summed E-state index contributed by atoms with van der Waals surface area (Å²) in [5.41, 5.74) is 0.396. The van der Waals surface area contributed by atoms with Gasteiger partial charge in [0.25, 0.3) is 17.7 Å². The number of benzene rings is 1. The van der Waals surface area contributed by atoms with Crippen LogP contribution in [0, 0.1) is 23.7 Å². The van der Waals surface area contributed by atoms with E-state index in [-0.39, 0.29) is 53.7 Å². The molecule has 1 saturated carbocycles. The fourth-order valence-corrected chi connectivity index (χ4v) is 5.37. The van der Waals surface area contributed by atoms with Crippen molar-refractivity contribution >= 4 is 35.5 Å². The van der Waals surface area contributed by atoms with Crippen molar-refractivity contribution in [2.75, 3.05) is 40.0 Å². The summed E-state index contributed by atoms with van der Waals surface area (Å²) >= 11 is 6.22. The van der Waals surface area contributed by atoms with Gasteiger partial charge in [-0.2, -0.15) is 10.1 Å². The van der Waals surface area contributed by atoms with Crippen molar-refractivity contribution in [2.45, 2.75) is 6.42 Å². The van der Waals surface area contributed by atoms with Crippen molar-refractivity contribution in [3.05, 3.63) is 34.9 Å². The fraction of sp³-hybridized carbons (Fsp3) is 0.478. The highest BCUT2D eigenvalue weighted by Gasteiger charge is 2.59. The number of hydrogen-bond donors (Lipinski definition) is 0. The molecule has 0 aromatic heterocycles. The van der Waals surface area contributed by atoms with Gasteiger partial charge in [0, 0.05) is 29.7 Å². The molecule has 2 saturated heterocycles. The highest BCUT2D eigenvalue weighted by molar-refractivity contribution is 6.31. The number of rotatable bonds is 6. The Morgan fingerprint density at radius 1 is 1.18 bits per heavy atom. The molecule has 2 aliphatic carbocycles. The maximum Gasteiger partial charge on any atom is 0.260 e. The summed E-state index contributed by atoms with van der Waals surface area (Å²) in [6.45, 7) is 1.79. The Bertz CT molecular complexity index is 1020. The highest BCUT2D eigenvalue weighted by atomic mass is 35.5. The number of fused-ring (bicyclic) bond motifs is 5. The minimum absolute atomic E-state index is 0.105. The second-order valence-corrected chi connectivity index (χ2v) is 8.98. The van der Waals surface area contributed by atoms with Crippen molar-refractivity contribution in [2.24, 2.45) is 28.8 Å².